The molecule has 0 saturated carbocycles. The van der Waals surface area contributed by atoms with Crippen LogP contribution in [0.2, 0.25) is 0 Å². The molecule has 8 nitrogen and oxygen atoms in total. The van der Waals surface area contributed by atoms with Crippen molar-refractivity contribution in [2.24, 2.45) is 0 Å². The summed E-state index contributed by atoms with van der Waals surface area (Å²) in [5.74, 6) is -0.721. The van der Waals surface area contributed by atoms with E-state index in [1.165, 1.54) is 19.2 Å². The van der Waals surface area contributed by atoms with Crippen LogP contribution in [0.15, 0.2) is 39.9 Å². The minimum Gasteiger partial charge on any atom is -0.491 e. The highest BCUT2D eigenvalue weighted by atomic mass is 32.2. The molecule has 10 heteroatoms. The van der Waals surface area contributed by atoms with E-state index in [-0.39, 0.29) is 16.5 Å². The van der Waals surface area contributed by atoms with Gasteiger partial charge < -0.3 is 19.6 Å². The monoisotopic (exact) mass is 410 g/mol. The second-order valence-corrected chi connectivity index (χ2v) is 8.78. The van der Waals surface area contributed by atoms with E-state index in [2.05, 4.69) is 4.98 Å². The van der Waals surface area contributed by atoms with Gasteiger partial charge in [-0.25, -0.2) is 13.2 Å². The average Bonchev–Trinajstić information content (AvgIpc) is 3.30. The zero-order valence-electron chi connectivity index (χ0n) is 14.6. The van der Waals surface area contributed by atoms with Crippen molar-refractivity contribution in [3.05, 3.63) is 41.4 Å². The predicted octanol–water partition coefficient (Wildman–Crippen LogP) is 2.78. The number of aromatic carboxylic acids is 1. The second kappa shape index (κ2) is 7.59. The van der Waals surface area contributed by atoms with Crippen LogP contribution in [-0.4, -0.2) is 51.8 Å². The fourth-order valence-corrected chi connectivity index (χ4v) is 4.92. The molecule has 1 aromatic carbocycles. The molecule has 0 unspecified atom stereocenters. The lowest BCUT2D eigenvalue weighted by molar-refractivity contribution is 0.0691. The summed E-state index contributed by atoms with van der Waals surface area (Å²) in [6.07, 6.45) is 0. The number of benzene rings is 1. The molecule has 0 atom stereocenters. The van der Waals surface area contributed by atoms with E-state index in [9.17, 15) is 18.3 Å². The Morgan fingerprint density at radius 3 is 2.70 bits per heavy atom. The third kappa shape index (κ3) is 3.77. The minimum atomic E-state index is -3.79. The molecule has 3 aromatic rings. The number of carbonyl (C=O) groups is 1. The lowest BCUT2D eigenvalue weighted by Crippen LogP contribution is -2.26. The van der Waals surface area contributed by atoms with E-state index in [1.54, 1.807) is 30.7 Å². The lowest BCUT2D eigenvalue weighted by Gasteiger charge is -2.20. The summed E-state index contributed by atoms with van der Waals surface area (Å²) in [5, 5.41) is 11.5. The fourth-order valence-electron chi connectivity index (χ4n) is 2.56. The van der Waals surface area contributed by atoms with Gasteiger partial charge in [-0.2, -0.15) is 0 Å². The number of carboxylic acids is 1. The molecule has 0 bridgehead atoms. The van der Waals surface area contributed by atoms with E-state index in [4.69, 9.17) is 9.47 Å². The standard InChI is InChI=1S/C17H18N2O6S2/c1-19(27(22,23)15-4-3-7-26-15)14-10-12(25-6-5-24-2)8-11-9-13(17(20)21)18-16(11)14/h3-4,7-10,18H,5-6H2,1-2H3,(H,20,21). The maximum absolute atomic E-state index is 12.9. The van der Waals surface area contributed by atoms with Crippen molar-refractivity contribution in [3.8, 4) is 5.75 Å². The van der Waals surface area contributed by atoms with Crippen LogP contribution < -0.4 is 9.04 Å². The number of carboxylic acid groups (broad SMARTS) is 1. The molecule has 3 rings (SSSR count). The molecule has 0 aliphatic heterocycles. The van der Waals surface area contributed by atoms with Gasteiger partial charge in [0.25, 0.3) is 10.0 Å². The molecule has 0 radical (unpaired) electrons. The van der Waals surface area contributed by atoms with Gasteiger partial charge in [-0.05, 0) is 23.6 Å². The Bertz CT molecular complexity index is 1060. The molecule has 2 heterocycles. The first-order valence-electron chi connectivity index (χ1n) is 7.89. The number of ether oxygens (including phenoxy) is 2. The van der Waals surface area contributed by atoms with Crippen molar-refractivity contribution < 1.29 is 27.8 Å². The average molecular weight is 410 g/mol. The molecule has 0 aliphatic rings. The largest absolute Gasteiger partial charge is 0.491 e. The lowest BCUT2D eigenvalue weighted by atomic mass is 10.2. The van der Waals surface area contributed by atoms with Gasteiger partial charge in [0.05, 0.1) is 17.8 Å². The molecule has 0 fully saturated rings. The third-order valence-corrected chi connectivity index (χ3v) is 7.06. The number of hydrogen-bond acceptors (Lipinski definition) is 6. The fraction of sp³-hybridized carbons (Fsp3) is 0.235. The summed E-state index contributed by atoms with van der Waals surface area (Å²) in [4.78, 5) is 14.1. The number of sulfonamides is 1. The molecule has 0 aliphatic carbocycles. The highest BCUT2D eigenvalue weighted by molar-refractivity contribution is 7.94. The normalized spacial score (nSPS) is 11.6. The van der Waals surface area contributed by atoms with Gasteiger partial charge in [-0.1, -0.05) is 6.07 Å². The van der Waals surface area contributed by atoms with E-state index in [1.807, 2.05) is 0 Å². The quantitative estimate of drug-likeness (QED) is 0.553. The van der Waals surface area contributed by atoms with Gasteiger partial charge in [0.2, 0.25) is 0 Å². The number of methoxy groups -OCH3 is 1. The van der Waals surface area contributed by atoms with Crippen LogP contribution in [-0.2, 0) is 14.8 Å². The molecule has 144 valence electrons. The first-order chi connectivity index (χ1) is 12.8. The van der Waals surface area contributed by atoms with Crippen molar-refractivity contribution in [2.75, 3.05) is 31.7 Å². The zero-order chi connectivity index (χ0) is 19.6. The molecule has 2 N–H and O–H groups in total. The number of thiophene rings is 1. The summed E-state index contributed by atoms with van der Waals surface area (Å²) in [6.45, 7) is 0.642. The van der Waals surface area contributed by atoms with Crippen LogP contribution in [0.1, 0.15) is 10.5 Å². The smallest absolute Gasteiger partial charge is 0.352 e. The number of nitrogens with zero attached hydrogens (tertiary/aromatic N) is 1. The van der Waals surface area contributed by atoms with Crippen LogP contribution in [0, 0.1) is 0 Å². The summed E-state index contributed by atoms with van der Waals surface area (Å²) in [6, 6.07) is 7.83. The van der Waals surface area contributed by atoms with Gasteiger partial charge >= 0.3 is 5.97 Å². The van der Waals surface area contributed by atoms with Crippen molar-refractivity contribution in [3.63, 3.8) is 0 Å². The number of hydrogen-bond donors (Lipinski definition) is 2. The van der Waals surface area contributed by atoms with E-state index < -0.39 is 16.0 Å². The molecule has 27 heavy (non-hydrogen) atoms. The van der Waals surface area contributed by atoms with Gasteiger partial charge in [0.15, 0.2) is 0 Å². The molecule has 0 spiro atoms. The Kier molecular flexibility index (Phi) is 5.40. The minimum absolute atomic E-state index is 0.0396. The van der Waals surface area contributed by atoms with Crippen LogP contribution in [0.4, 0.5) is 5.69 Å². The molecular weight excluding hydrogens is 392 g/mol. The summed E-state index contributed by atoms with van der Waals surface area (Å²) in [7, 11) is -0.822. The van der Waals surface area contributed by atoms with E-state index in [0.29, 0.717) is 28.9 Å². The molecular formula is C17H18N2O6S2. The number of aromatic amines is 1. The first kappa shape index (κ1) is 19.2. The first-order valence-corrected chi connectivity index (χ1v) is 10.2. The van der Waals surface area contributed by atoms with Gasteiger partial charge in [0, 0.05) is 25.6 Å². The van der Waals surface area contributed by atoms with Gasteiger partial charge in [0.1, 0.15) is 22.3 Å². The maximum atomic E-state index is 12.9. The number of anilines is 1. The van der Waals surface area contributed by atoms with E-state index >= 15 is 0 Å². The Labute approximate surface area is 160 Å². The summed E-state index contributed by atoms with van der Waals surface area (Å²) >= 11 is 1.11. The van der Waals surface area contributed by atoms with Crippen LogP contribution >= 0.6 is 11.3 Å². The van der Waals surface area contributed by atoms with Gasteiger partial charge in [-0.15, -0.1) is 11.3 Å². The second-order valence-electron chi connectivity index (χ2n) is 5.64. The number of nitrogens with one attached hydrogen (secondary N) is 1. The zero-order valence-corrected chi connectivity index (χ0v) is 16.3. The number of rotatable bonds is 8. The van der Waals surface area contributed by atoms with Crippen molar-refractivity contribution in [2.45, 2.75) is 4.21 Å². The van der Waals surface area contributed by atoms with E-state index in [0.717, 1.165) is 15.6 Å². The highest BCUT2D eigenvalue weighted by Crippen LogP contribution is 2.35. The number of H-pyrrole nitrogens is 1. The SMILES string of the molecule is COCCOc1cc(N(C)S(=O)(=O)c2cccs2)c2[nH]c(C(=O)O)cc2c1. The summed E-state index contributed by atoms with van der Waals surface area (Å²) < 4.78 is 37.7. The Balaban J connectivity index is 2.12. The van der Waals surface area contributed by atoms with Gasteiger partial charge in [-0.3, -0.25) is 4.31 Å². The van der Waals surface area contributed by atoms with Crippen LogP contribution in [0.25, 0.3) is 10.9 Å². The summed E-state index contributed by atoms with van der Waals surface area (Å²) in [5.41, 5.74) is 0.650. The molecule has 0 amide bonds. The molecule has 2 aromatic heterocycles. The third-order valence-electron chi connectivity index (χ3n) is 3.92. The van der Waals surface area contributed by atoms with Crippen molar-refractivity contribution >= 4 is 43.9 Å². The van der Waals surface area contributed by atoms with Crippen molar-refractivity contribution in [1.29, 1.82) is 0 Å². The Hall–Kier alpha value is -2.56. The molecule has 0 saturated heterocycles. The number of fused-ring (bicyclic) bond motifs is 1. The highest BCUT2D eigenvalue weighted by Gasteiger charge is 2.25. The topological polar surface area (TPSA) is 109 Å². The Morgan fingerprint density at radius 2 is 2.07 bits per heavy atom. The van der Waals surface area contributed by atoms with Crippen LogP contribution in [0.5, 0.6) is 5.75 Å². The van der Waals surface area contributed by atoms with Crippen LogP contribution in [0.3, 0.4) is 0 Å². The number of aromatic nitrogens is 1. The Morgan fingerprint density at radius 1 is 1.30 bits per heavy atom. The van der Waals surface area contributed by atoms with Crippen molar-refractivity contribution in [1.82, 2.24) is 4.98 Å². The maximum Gasteiger partial charge on any atom is 0.352 e. The predicted molar refractivity (Wildman–Crippen MR) is 103 cm³/mol.